The van der Waals surface area contributed by atoms with Crippen LogP contribution in [0, 0.1) is 0 Å². The number of nitrogen functional groups attached to an aromatic ring is 1. The minimum absolute atomic E-state index is 0.150. The minimum atomic E-state index is -0.638. The third-order valence-electron chi connectivity index (χ3n) is 6.16. The number of benzene rings is 2. The van der Waals surface area contributed by atoms with Crippen molar-refractivity contribution in [1.29, 1.82) is 0 Å². The number of ether oxygens (including phenoxy) is 2. The summed E-state index contributed by atoms with van der Waals surface area (Å²) < 4.78 is 13.2. The molecule has 2 aromatic heterocycles. The van der Waals surface area contributed by atoms with Crippen LogP contribution >= 0.6 is 0 Å². The van der Waals surface area contributed by atoms with Crippen LogP contribution < -0.4 is 15.8 Å². The second kappa shape index (κ2) is 10.0. The van der Waals surface area contributed by atoms with Crippen molar-refractivity contribution in [1.82, 2.24) is 24.8 Å². The number of amides is 2. The molecule has 0 atom stereocenters. The van der Waals surface area contributed by atoms with E-state index in [4.69, 9.17) is 15.2 Å². The van der Waals surface area contributed by atoms with E-state index in [1.807, 2.05) is 54.6 Å². The van der Waals surface area contributed by atoms with Gasteiger partial charge in [-0.25, -0.2) is 14.8 Å². The molecule has 4 aromatic rings. The average molecular weight is 515 g/mol. The predicted molar refractivity (Wildman–Crippen MR) is 143 cm³/mol. The summed E-state index contributed by atoms with van der Waals surface area (Å²) in [5, 5.41) is 2.55. The fraction of sp³-hybridized carbons (Fsp3) is 0.286. The first-order chi connectivity index (χ1) is 18.2. The molecule has 1 aliphatic heterocycles. The van der Waals surface area contributed by atoms with Gasteiger partial charge in [-0.05, 0) is 57.2 Å². The highest BCUT2D eigenvalue weighted by Gasteiger charge is 2.29. The number of nitrogens with two attached hydrogens (primary N) is 1. The molecule has 0 spiro atoms. The Morgan fingerprint density at radius 3 is 2.45 bits per heavy atom. The zero-order valence-corrected chi connectivity index (χ0v) is 21.6. The van der Waals surface area contributed by atoms with E-state index in [0.717, 1.165) is 22.7 Å². The van der Waals surface area contributed by atoms with E-state index >= 15 is 0 Å². The first kappa shape index (κ1) is 25.1. The molecule has 0 bridgehead atoms. The number of nitrogens with one attached hydrogen (secondary N) is 1. The molecule has 0 saturated heterocycles. The van der Waals surface area contributed by atoms with Gasteiger partial charge in [0.2, 0.25) is 5.91 Å². The summed E-state index contributed by atoms with van der Waals surface area (Å²) in [5.74, 6) is 1.63. The van der Waals surface area contributed by atoms with E-state index in [-0.39, 0.29) is 12.5 Å². The van der Waals surface area contributed by atoms with Crippen molar-refractivity contribution in [2.45, 2.75) is 39.3 Å². The lowest BCUT2D eigenvalue weighted by atomic mass is 10.1. The zero-order valence-electron chi connectivity index (χ0n) is 21.6. The molecule has 1 aliphatic rings. The van der Waals surface area contributed by atoms with Gasteiger partial charge in [-0.1, -0.05) is 18.2 Å². The van der Waals surface area contributed by atoms with Crippen LogP contribution in [-0.4, -0.2) is 50.1 Å². The topological polar surface area (TPSA) is 125 Å². The van der Waals surface area contributed by atoms with Gasteiger partial charge in [0.25, 0.3) is 0 Å². The normalized spacial score (nSPS) is 13.2. The first-order valence-electron chi connectivity index (χ1n) is 12.4. The third-order valence-corrected chi connectivity index (χ3v) is 6.16. The van der Waals surface area contributed by atoms with E-state index in [1.54, 1.807) is 25.7 Å². The molecule has 5 rings (SSSR count). The molecule has 10 heteroatoms. The number of nitrogens with zero attached hydrogens (tertiary/aromatic N) is 4. The molecule has 0 fully saturated rings. The highest BCUT2D eigenvalue weighted by Crippen LogP contribution is 2.35. The molecular formula is C28H30N6O4. The molecule has 0 saturated carbocycles. The lowest BCUT2D eigenvalue weighted by Gasteiger charge is -2.28. The molecule has 3 heterocycles. The standard InChI is InChI=1S/C28H30N6O4/c1-28(2,3)38-27(36)30-15-23(35)33-14-13-22-21(16-33)24-25(26(29)32-17-31-24)34(22)18-9-11-20(12-10-18)37-19-7-5-4-6-8-19/h4-12,17H,13-16H2,1-3H3,(H,30,36)(H2,29,31,32). The van der Waals surface area contributed by atoms with Crippen LogP contribution in [0.3, 0.4) is 0 Å². The van der Waals surface area contributed by atoms with E-state index in [1.165, 1.54) is 6.33 Å². The maximum Gasteiger partial charge on any atom is 0.408 e. The van der Waals surface area contributed by atoms with Crippen molar-refractivity contribution in [3.8, 4) is 17.2 Å². The summed E-state index contributed by atoms with van der Waals surface area (Å²) in [6.45, 7) is 6.00. The van der Waals surface area contributed by atoms with Crippen LogP contribution in [0.25, 0.3) is 16.7 Å². The summed E-state index contributed by atoms with van der Waals surface area (Å²) in [6.07, 6.45) is 1.40. The van der Waals surface area contributed by atoms with Gasteiger partial charge in [-0.15, -0.1) is 0 Å². The molecule has 38 heavy (non-hydrogen) atoms. The van der Waals surface area contributed by atoms with Crippen LogP contribution in [0.5, 0.6) is 11.5 Å². The average Bonchev–Trinajstić information content (AvgIpc) is 3.22. The van der Waals surface area contributed by atoms with Gasteiger partial charge in [0.05, 0.1) is 5.52 Å². The van der Waals surface area contributed by atoms with Gasteiger partial charge in [0.1, 0.15) is 35.5 Å². The number of para-hydroxylation sites is 1. The number of rotatable bonds is 5. The molecule has 0 unspecified atom stereocenters. The molecule has 3 N–H and O–H groups in total. The number of anilines is 1. The molecule has 0 radical (unpaired) electrons. The number of hydrogen-bond donors (Lipinski definition) is 2. The van der Waals surface area contributed by atoms with Gasteiger partial charge in [-0.3, -0.25) is 4.79 Å². The number of fused-ring (bicyclic) bond motifs is 3. The molecular weight excluding hydrogens is 484 g/mol. The van der Waals surface area contributed by atoms with Gasteiger partial charge in [0.15, 0.2) is 5.82 Å². The zero-order chi connectivity index (χ0) is 26.9. The van der Waals surface area contributed by atoms with Gasteiger partial charge in [-0.2, -0.15) is 0 Å². The molecule has 2 aromatic carbocycles. The van der Waals surface area contributed by atoms with Crippen molar-refractivity contribution in [2.75, 3.05) is 18.8 Å². The Kier molecular flexibility index (Phi) is 6.62. The Morgan fingerprint density at radius 2 is 1.74 bits per heavy atom. The first-order valence-corrected chi connectivity index (χ1v) is 12.4. The van der Waals surface area contributed by atoms with Crippen LogP contribution in [0.1, 0.15) is 32.0 Å². The number of carbonyl (C=O) groups is 2. The third kappa shape index (κ3) is 5.24. The summed E-state index contributed by atoms with van der Waals surface area (Å²) >= 11 is 0. The molecule has 10 nitrogen and oxygen atoms in total. The summed E-state index contributed by atoms with van der Waals surface area (Å²) in [5.41, 5.74) is 9.92. The van der Waals surface area contributed by atoms with Crippen molar-refractivity contribution >= 4 is 28.9 Å². The van der Waals surface area contributed by atoms with Gasteiger partial charge in [0, 0.05) is 36.5 Å². The summed E-state index contributed by atoms with van der Waals surface area (Å²) in [6, 6.07) is 17.3. The Balaban J connectivity index is 1.40. The Bertz CT molecular complexity index is 1480. The predicted octanol–water partition coefficient (Wildman–Crippen LogP) is 4.20. The van der Waals surface area contributed by atoms with Crippen LogP contribution in [-0.2, 0) is 22.5 Å². The molecule has 2 amide bonds. The maximum atomic E-state index is 12.9. The summed E-state index contributed by atoms with van der Waals surface area (Å²) in [4.78, 5) is 35.4. The lowest BCUT2D eigenvalue weighted by molar-refractivity contribution is -0.131. The molecule has 196 valence electrons. The highest BCUT2D eigenvalue weighted by atomic mass is 16.6. The van der Waals surface area contributed by atoms with Crippen LogP contribution in [0.2, 0.25) is 0 Å². The minimum Gasteiger partial charge on any atom is -0.457 e. The summed E-state index contributed by atoms with van der Waals surface area (Å²) in [7, 11) is 0. The number of hydrogen-bond acceptors (Lipinski definition) is 7. The number of alkyl carbamates (subject to hydrolysis) is 1. The second-order valence-electron chi connectivity index (χ2n) is 10.0. The van der Waals surface area contributed by atoms with Gasteiger partial charge >= 0.3 is 6.09 Å². The van der Waals surface area contributed by atoms with Gasteiger partial charge < -0.3 is 30.0 Å². The Labute approximate surface area is 220 Å². The lowest BCUT2D eigenvalue weighted by Crippen LogP contribution is -2.43. The quantitative estimate of drug-likeness (QED) is 0.409. The van der Waals surface area contributed by atoms with Crippen molar-refractivity contribution in [3.05, 3.63) is 72.2 Å². The Hall–Kier alpha value is -4.60. The van der Waals surface area contributed by atoms with E-state index < -0.39 is 11.7 Å². The monoisotopic (exact) mass is 514 g/mol. The van der Waals surface area contributed by atoms with Crippen molar-refractivity contribution in [2.24, 2.45) is 0 Å². The SMILES string of the molecule is CC(C)(C)OC(=O)NCC(=O)N1CCc2c(c3ncnc(N)c3n2-c2ccc(Oc3ccccc3)cc2)C1. The smallest absolute Gasteiger partial charge is 0.408 e. The van der Waals surface area contributed by atoms with Crippen molar-refractivity contribution < 1.29 is 19.1 Å². The van der Waals surface area contributed by atoms with Crippen molar-refractivity contribution in [3.63, 3.8) is 0 Å². The number of carbonyl (C=O) groups excluding carboxylic acids is 2. The van der Waals surface area contributed by atoms with E-state index in [0.29, 0.717) is 42.1 Å². The van der Waals surface area contributed by atoms with Crippen LogP contribution in [0.15, 0.2) is 60.9 Å². The Morgan fingerprint density at radius 1 is 1.03 bits per heavy atom. The second-order valence-corrected chi connectivity index (χ2v) is 10.0. The fourth-order valence-corrected chi connectivity index (χ4v) is 4.54. The van der Waals surface area contributed by atoms with E-state index in [9.17, 15) is 9.59 Å². The highest BCUT2D eigenvalue weighted by molar-refractivity contribution is 5.92. The van der Waals surface area contributed by atoms with E-state index in [2.05, 4.69) is 19.9 Å². The fourth-order valence-electron chi connectivity index (χ4n) is 4.54. The number of aromatic nitrogens is 3. The maximum absolute atomic E-state index is 12.9. The molecule has 0 aliphatic carbocycles. The van der Waals surface area contributed by atoms with Crippen LogP contribution in [0.4, 0.5) is 10.6 Å². The largest absolute Gasteiger partial charge is 0.457 e.